The van der Waals surface area contributed by atoms with Crippen molar-refractivity contribution in [3.8, 4) is 0 Å². The van der Waals surface area contributed by atoms with E-state index in [1.165, 1.54) is 18.0 Å². The van der Waals surface area contributed by atoms with Gasteiger partial charge >= 0.3 is 5.97 Å². The summed E-state index contributed by atoms with van der Waals surface area (Å²) < 4.78 is 0.834. The first-order valence-corrected chi connectivity index (χ1v) is 6.67. The van der Waals surface area contributed by atoms with E-state index in [4.69, 9.17) is 5.11 Å². The molecule has 92 valence electrons. The van der Waals surface area contributed by atoms with Gasteiger partial charge in [-0.05, 0) is 41.1 Å². The van der Waals surface area contributed by atoms with Crippen molar-refractivity contribution >= 4 is 33.7 Å². The van der Waals surface area contributed by atoms with Crippen LogP contribution in [0.3, 0.4) is 0 Å². The predicted octanol–water partition coefficient (Wildman–Crippen LogP) is 3.40. The third-order valence-electron chi connectivity index (χ3n) is 2.16. The molecule has 2 aromatic rings. The Kier molecular flexibility index (Phi) is 3.98. The second kappa shape index (κ2) is 5.49. The first-order valence-electron chi connectivity index (χ1n) is 5.06. The van der Waals surface area contributed by atoms with E-state index in [0.717, 1.165) is 15.2 Å². The van der Waals surface area contributed by atoms with Crippen LogP contribution in [0.1, 0.15) is 16.1 Å². The van der Waals surface area contributed by atoms with E-state index in [1.807, 2.05) is 19.1 Å². The summed E-state index contributed by atoms with van der Waals surface area (Å²) in [6, 6.07) is 5.42. The molecule has 18 heavy (non-hydrogen) atoms. The maximum atomic E-state index is 11.1. The fraction of sp³-hybridized carbons (Fsp3) is 0.0833. The van der Waals surface area contributed by atoms with Crippen molar-refractivity contribution < 1.29 is 9.90 Å². The molecular weight excluding hydrogens is 316 g/mol. The molecule has 0 aliphatic rings. The van der Waals surface area contributed by atoms with Gasteiger partial charge in [-0.3, -0.25) is 4.98 Å². The molecule has 2 aromatic heterocycles. The molecule has 2 rings (SSSR count). The highest BCUT2D eigenvalue weighted by atomic mass is 79.9. The Balaban J connectivity index is 2.42. The number of aromatic nitrogens is 2. The zero-order valence-corrected chi connectivity index (χ0v) is 11.8. The molecule has 4 nitrogen and oxygen atoms in total. The summed E-state index contributed by atoms with van der Waals surface area (Å²) in [6.45, 7) is 1.82. The molecular formula is C12H9BrN2O2S. The molecule has 1 N–H and O–H groups in total. The maximum Gasteiger partial charge on any atom is 0.338 e. The van der Waals surface area contributed by atoms with Gasteiger partial charge in [0.25, 0.3) is 0 Å². The van der Waals surface area contributed by atoms with Crippen LogP contribution in [0.4, 0.5) is 0 Å². The predicted molar refractivity (Wildman–Crippen MR) is 72.0 cm³/mol. The molecule has 0 saturated heterocycles. The van der Waals surface area contributed by atoms with Crippen LogP contribution >= 0.6 is 27.7 Å². The van der Waals surface area contributed by atoms with E-state index in [2.05, 4.69) is 25.9 Å². The number of pyridine rings is 2. The quantitative estimate of drug-likeness (QED) is 0.937. The molecule has 0 aromatic carbocycles. The van der Waals surface area contributed by atoms with Crippen LogP contribution in [-0.2, 0) is 0 Å². The van der Waals surface area contributed by atoms with Gasteiger partial charge in [-0.25, -0.2) is 9.78 Å². The SMILES string of the molecule is Cc1cc(Sc2ncccc2Br)c(C(=O)O)cn1. The first-order chi connectivity index (χ1) is 8.58. The molecule has 0 amide bonds. The molecule has 0 unspecified atom stereocenters. The Morgan fingerprint density at radius 3 is 2.89 bits per heavy atom. The smallest absolute Gasteiger partial charge is 0.338 e. The van der Waals surface area contributed by atoms with Gasteiger partial charge in [0.1, 0.15) is 5.03 Å². The lowest BCUT2D eigenvalue weighted by atomic mass is 10.2. The minimum Gasteiger partial charge on any atom is -0.478 e. The van der Waals surface area contributed by atoms with E-state index >= 15 is 0 Å². The van der Waals surface area contributed by atoms with Crippen molar-refractivity contribution in [3.05, 3.63) is 46.3 Å². The number of nitrogens with zero attached hydrogens (tertiary/aromatic N) is 2. The summed E-state index contributed by atoms with van der Waals surface area (Å²) in [5.74, 6) is -0.989. The second-order valence-corrected chi connectivity index (χ2v) is 5.40. The summed E-state index contributed by atoms with van der Waals surface area (Å²) in [5, 5.41) is 9.85. The number of hydrogen-bond acceptors (Lipinski definition) is 4. The minimum absolute atomic E-state index is 0.183. The number of rotatable bonds is 3. The molecule has 0 fully saturated rings. The monoisotopic (exact) mass is 324 g/mol. The Bertz CT molecular complexity index is 604. The summed E-state index contributed by atoms with van der Waals surface area (Å²) in [7, 11) is 0. The van der Waals surface area contributed by atoms with Gasteiger partial charge < -0.3 is 5.11 Å². The third-order valence-corrected chi connectivity index (χ3v) is 4.14. The van der Waals surface area contributed by atoms with Gasteiger partial charge in [-0.15, -0.1) is 0 Å². The Morgan fingerprint density at radius 1 is 1.44 bits per heavy atom. The van der Waals surface area contributed by atoms with Crippen molar-refractivity contribution in [2.75, 3.05) is 0 Å². The Labute approximate surface area is 117 Å². The van der Waals surface area contributed by atoms with Crippen LogP contribution in [0.2, 0.25) is 0 Å². The number of carboxylic acid groups (broad SMARTS) is 1. The van der Waals surface area contributed by atoms with Crippen molar-refractivity contribution in [2.24, 2.45) is 0 Å². The van der Waals surface area contributed by atoms with E-state index in [1.54, 1.807) is 12.3 Å². The van der Waals surface area contributed by atoms with Crippen LogP contribution in [-0.4, -0.2) is 21.0 Å². The number of aromatic carboxylic acids is 1. The highest BCUT2D eigenvalue weighted by molar-refractivity contribution is 9.10. The van der Waals surface area contributed by atoms with Crippen LogP contribution in [0.5, 0.6) is 0 Å². The highest BCUT2D eigenvalue weighted by Crippen LogP contribution is 2.33. The number of hydrogen-bond donors (Lipinski definition) is 1. The molecule has 0 spiro atoms. The van der Waals surface area contributed by atoms with Crippen molar-refractivity contribution in [3.63, 3.8) is 0 Å². The number of halogens is 1. The Hall–Kier alpha value is -1.40. The van der Waals surface area contributed by atoms with Gasteiger partial charge in [0.15, 0.2) is 0 Å². The average molecular weight is 325 g/mol. The fourth-order valence-electron chi connectivity index (χ4n) is 1.33. The van der Waals surface area contributed by atoms with Crippen LogP contribution in [0, 0.1) is 6.92 Å². The molecule has 0 saturated carbocycles. The van der Waals surface area contributed by atoms with Gasteiger partial charge in [-0.1, -0.05) is 11.8 Å². The van der Waals surface area contributed by atoms with Crippen LogP contribution in [0.25, 0.3) is 0 Å². The zero-order valence-electron chi connectivity index (χ0n) is 9.42. The first kappa shape index (κ1) is 13.0. The molecule has 0 radical (unpaired) electrons. The van der Waals surface area contributed by atoms with Gasteiger partial charge in [-0.2, -0.15) is 0 Å². The van der Waals surface area contributed by atoms with Crippen LogP contribution in [0.15, 0.2) is 45.0 Å². The topological polar surface area (TPSA) is 63.1 Å². The minimum atomic E-state index is -0.989. The lowest BCUT2D eigenvalue weighted by Gasteiger charge is -2.07. The lowest BCUT2D eigenvalue weighted by Crippen LogP contribution is -2.01. The number of carbonyl (C=O) groups is 1. The number of aryl methyl sites for hydroxylation is 1. The van der Waals surface area contributed by atoms with Gasteiger partial charge in [0.2, 0.25) is 0 Å². The summed E-state index contributed by atoms with van der Waals surface area (Å²) in [5.41, 5.74) is 0.956. The average Bonchev–Trinajstić information content (AvgIpc) is 2.32. The van der Waals surface area contributed by atoms with Crippen molar-refractivity contribution in [1.82, 2.24) is 9.97 Å². The van der Waals surface area contributed by atoms with Crippen molar-refractivity contribution in [2.45, 2.75) is 16.8 Å². The molecule has 6 heteroatoms. The van der Waals surface area contributed by atoms with Gasteiger partial charge in [0, 0.05) is 23.0 Å². The van der Waals surface area contributed by atoms with E-state index < -0.39 is 5.97 Å². The van der Waals surface area contributed by atoms with Crippen molar-refractivity contribution in [1.29, 1.82) is 0 Å². The van der Waals surface area contributed by atoms with E-state index in [9.17, 15) is 4.79 Å². The highest BCUT2D eigenvalue weighted by Gasteiger charge is 2.13. The Morgan fingerprint density at radius 2 is 2.22 bits per heavy atom. The van der Waals surface area contributed by atoms with Crippen LogP contribution < -0.4 is 0 Å². The second-order valence-electron chi connectivity index (χ2n) is 3.52. The lowest BCUT2D eigenvalue weighted by molar-refractivity contribution is 0.0692. The molecule has 0 aliphatic carbocycles. The summed E-state index contributed by atoms with van der Waals surface area (Å²) in [6.07, 6.45) is 3.04. The zero-order chi connectivity index (χ0) is 13.1. The van der Waals surface area contributed by atoms with E-state index in [-0.39, 0.29) is 5.56 Å². The molecule has 0 aliphatic heterocycles. The third kappa shape index (κ3) is 2.88. The normalized spacial score (nSPS) is 10.3. The summed E-state index contributed by atoms with van der Waals surface area (Å²) >= 11 is 4.69. The maximum absolute atomic E-state index is 11.1. The van der Waals surface area contributed by atoms with E-state index in [0.29, 0.717) is 4.90 Å². The number of carboxylic acids is 1. The largest absolute Gasteiger partial charge is 0.478 e. The fourth-order valence-corrected chi connectivity index (χ4v) is 2.79. The molecule has 0 bridgehead atoms. The summed E-state index contributed by atoms with van der Waals surface area (Å²) in [4.78, 5) is 20.0. The standard InChI is InChI=1S/C12H9BrN2O2S/c1-7-5-10(8(6-15-7)12(16)17)18-11-9(13)3-2-4-14-11/h2-6H,1H3,(H,16,17). The van der Waals surface area contributed by atoms with Gasteiger partial charge in [0.05, 0.1) is 10.0 Å². The molecule has 0 atom stereocenters. The molecule has 2 heterocycles.